The lowest BCUT2D eigenvalue weighted by atomic mass is 9.93. The lowest BCUT2D eigenvalue weighted by Crippen LogP contribution is -2.37. The van der Waals surface area contributed by atoms with Crippen LogP contribution in [-0.4, -0.2) is 38.9 Å². The van der Waals surface area contributed by atoms with E-state index in [4.69, 9.17) is 4.74 Å². The molecule has 1 unspecified atom stereocenters. The average molecular weight is 229 g/mol. The van der Waals surface area contributed by atoms with Crippen molar-refractivity contribution in [2.45, 2.75) is 38.6 Å². The third kappa shape index (κ3) is 4.94. The molecular formula is C12H23NO3. The zero-order valence-electron chi connectivity index (χ0n) is 10.3. The van der Waals surface area contributed by atoms with Crippen molar-refractivity contribution < 1.29 is 14.3 Å². The first-order chi connectivity index (χ1) is 7.74. The van der Waals surface area contributed by atoms with Crippen molar-refractivity contribution in [2.75, 3.05) is 26.9 Å². The highest BCUT2D eigenvalue weighted by Gasteiger charge is 2.19. The Labute approximate surface area is 97.7 Å². The third-order valence-corrected chi connectivity index (χ3v) is 3.22. The Morgan fingerprint density at radius 1 is 1.50 bits per heavy atom. The highest BCUT2D eigenvalue weighted by Crippen LogP contribution is 2.18. The van der Waals surface area contributed by atoms with E-state index in [0.717, 1.165) is 39.0 Å². The van der Waals surface area contributed by atoms with Gasteiger partial charge in [-0.3, -0.25) is 4.79 Å². The summed E-state index contributed by atoms with van der Waals surface area (Å²) in [7, 11) is 1.43. The molecule has 0 bridgehead atoms. The van der Waals surface area contributed by atoms with Gasteiger partial charge in [0.05, 0.1) is 7.11 Å². The van der Waals surface area contributed by atoms with E-state index in [2.05, 4.69) is 17.0 Å². The van der Waals surface area contributed by atoms with Crippen LogP contribution in [0.1, 0.15) is 32.6 Å². The normalized spacial score (nSPS) is 19.4. The molecule has 1 aliphatic rings. The zero-order valence-corrected chi connectivity index (χ0v) is 10.3. The maximum absolute atomic E-state index is 10.9. The van der Waals surface area contributed by atoms with E-state index < -0.39 is 0 Å². The Balaban J connectivity index is 2.05. The second kappa shape index (κ2) is 7.63. The van der Waals surface area contributed by atoms with Crippen LogP contribution < -0.4 is 5.32 Å². The summed E-state index contributed by atoms with van der Waals surface area (Å²) in [6.45, 7) is 4.87. The minimum Gasteiger partial charge on any atom is -0.469 e. The van der Waals surface area contributed by atoms with Gasteiger partial charge >= 0.3 is 5.97 Å². The third-order valence-electron chi connectivity index (χ3n) is 3.22. The van der Waals surface area contributed by atoms with Crippen LogP contribution in [0, 0.1) is 5.92 Å². The van der Waals surface area contributed by atoms with Crippen molar-refractivity contribution >= 4 is 5.97 Å². The molecule has 0 aliphatic carbocycles. The van der Waals surface area contributed by atoms with Crippen molar-refractivity contribution in [3.05, 3.63) is 0 Å². The van der Waals surface area contributed by atoms with Gasteiger partial charge in [-0.05, 0) is 38.6 Å². The molecule has 4 heteroatoms. The summed E-state index contributed by atoms with van der Waals surface area (Å²) in [6.07, 6.45) is 3.64. The standard InChI is InChI=1S/C12H23NO3/c1-10(11-5-8-16-9-6-11)13-7-3-4-12(14)15-2/h10-11,13H,3-9H2,1-2H3. The topological polar surface area (TPSA) is 47.6 Å². The van der Waals surface area contributed by atoms with Gasteiger partial charge in [0, 0.05) is 25.7 Å². The van der Waals surface area contributed by atoms with Gasteiger partial charge in [0.15, 0.2) is 0 Å². The Hall–Kier alpha value is -0.610. The average Bonchev–Trinajstić information content (AvgIpc) is 2.35. The SMILES string of the molecule is COC(=O)CCCNC(C)C1CCOCC1. The molecule has 94 valence electrons. The first-order valence-electron chi connectivity index (χ1n) is 6.12. The first-order valence-corrected chi connectivity index (χ1v) is 6.12. The second-order valence-corrected chi connectivity index (χ2v) is 4.37. The number of carbonyl (C=O) groups excluding carboxylic acids is 1. The first kappa shape index (κ1) is 13.5. The number of hydrogen-bond acceptors (Lipinski definition) is 4. The number of nitrogens with one attached hydrogen (secondary N) is 1. The molecule has 1 aliphatic heterocycles. The summed E-state index contributed by atoms with van der Waals surface area (Å²) in [4.78, 5) is 10.9. The Bertz CT molecular complexity index is 202. The zero-order chi connectivity index (χ0) is 11.8. The van der Waals surface area contributed by atoms with E-state index in [1.807, 2.05) is 0 Å². The molecule has 0 radical (unpaired) electrons. The van der Waals surface area contributed by atoms with Crippen molar-refractivity contribution in [2.24, 2.45) is 5.92 Å². The van der Waals surface area contributed by atoms with Gasteiger partial charge in [-0.1, -0.05) is 0 Å². The van der Waals surface area contributed by atoms with E-state index >= 15 is 0 Å². The molecule has 4 nitrogen and oxygen atoms in total. The summed E-state index contributed by atoms with van der Waals surface area (Å²) in [6, 6.07) is 0.515. The molecule has 1 N–H and O–H groups in total. The van der Waals surface area contributed by atoms with E-state index in [9.17, 15) is 4.79 Å². The number of carbonyl (C=O) groups is 1. The summed E-state index contributed by atoms with van der Waals surface area (Å²) in [5.41, 5.74) is 0. The molecule has 0 aromatic carbocycles. The monoisotopic (exact) mass is 229 g/mol. The highest BCUT2D eigenvalue weighted by atomic mass is 16.5. The Morgan fingerprint density at radius 2 is 2.19 bits per heavy atom. The fourth-order valence-electron chi connectivity index (χ4n) is 2.05. The Kier molecular flexibility index (Phi) is 6.42. The minimum atomic E-state index is -0.125. The van der Waals surface area contributed by atoms with Crippen LogP contribution in [0.15, 0.2) is 0 Å². The van der Waals surface area contributed by atoms with Crippen molar-refractivity contribution in [3.63, 3.8) is 0 Å². The van der Waals surface area contributed by atoms with E-state index in [0.29, 0.717) is 18.4 Å². The smallest absolute Gasteiger partial charge is 0.305 e. The summed E-state index contributed by atoms with van der Waals surface area (Å²) in [5.74, 6) is 0.590. The van der Waals surface area contributed by atoms with E-state index in [-0.39, 0.29) is 5.97 Å². The van der Waals surface area contributed by atoms with Gasteiger partial charge < -0.3 is 14.8 Å². The highest BCUT2D eigenvalue weighted by molar-refractivity contribution is 5.69. The van der Waals surface area contributed by atoms with E-state index in [1.165, 1.54) is 7.11 Å². The molecule has 0 aromatic heterocycles. The molecule has 0 aromatic rings. The predicted molar refractivity (Wildman–Crippen MR) is 62.3 cm³/mol. The van der Waals surface area contributed by atoms with Gasteiger partial charge in [0.2, 0.25) is 0 Å². The van der Waals surface area contributed by atoms with Crippen LogP contribution in [0.2, 0.25) is 0 Å². The molecule has 0 spiro atoms. The molecule has 1 heterocycles. The lowest BCUT2D eigenvalue weighted by Gasteiger charge is -2.28. The maximum Gasteiger partial charge on any atom is 0.305 e. The van der Waals surface area contributed by atoms with Gasteiger partial charge in [-0.15, -0.1) is 0 Å². The number of hydrogen-bond donors (Lipinski definition) is 1. The fraction of sp³-hybridized carbons (Fsp3) is 0.917. The molecule has 1 rings (SSSR count). The largest absolute Gasteiger partial charge is 0.469 e. The van der Waals surface area contributed by atoms with Crippen LogP contribution in [0.4, 0.5) is 0 Å². The van der Waals surface area contributed by atoms with Gasteiger partial charge in [-0.2, -0.15) is 0 Å². The quantitative estimate of drug-likeness (QED) is 0.551. The van der Waals surface area contributed by atoms with Gasteiger partial charge in [0.25, 0.3) is 0 Å². The summed E-state index contributed by atoms with van der Waals surface area (Å²) in [5, 5.41) is 3.47. The second-order valence-electron chi connectivity index (χ2n) is 4.37. The molecule has 1 atom stereocenters. The maximum atomic E-state index is 10.9. The molecular weight excluding hydrogens is 206 g/mol. The molecule has 16 heavy (non-hydrogen) atoms. The lowest BCUT2D eigenvalue weighted by molar-refractivity contribution is -0.140. The molecule has 1 saturated heterocycles. The fourth-order valence-corrected chi connectivity index (χ4v) is 2.05. The number of methoxy groups -OCH3 is 1. The van der Waals surface area contributed by atoms with Gasteiger partial charge in [-0.25, -0.2) is 0 Å². The van der Waals surface area contributed by atoms with Crippen molar-refractivity contribution in [3.8, 4) is 0 Å². The number of rotatable bonds is 6. The number of ether oxygens (including phenoxy) is 2. The van der Waals surface area contributed by atoms with Crippen LogP contribution in [-0.2, 0) is 14.3 Å². The molecule has 0 saturated carbocycles. The van der Waals surface area contributed by atoms with Gasteiger partial charge in [0.1, 0.15) is 0 Å². The summed E-state index contributed by atoms with van der Waals surface area (Å²) >= 11 is 0. The van der Waals surface area contributed by atoms with Crippen LogP contribution >= 0.6 is 0 Å². The van der Waals surface area contributed by atoms with Crippen LogP contribution in [0.25, 0.3) is 0 Å². The van der Waals surface area contributed by atoms with Crippen LogP contribution in [0.3, 0.4) is 0 Å². The Morgan fingerprint density at radius 3 is 2.81 bits per heavy atom. The van der Waals surface area contributed by atoms with Crippen molar-refractivity contribution in [1.82, 2.24) is 5.32 Å². The molecule has 0 amide bonds. The van der Waals surface area contributed by atoms with Crippen molar-refractivity contribution in [1.29, 1.82) is 0 Å². The predicted octanol–water partition coefficient (Wildman–Crippen LogP) is 1.34. The van der Waals surface area contributed by atoms with E-state index in [1.54, 1.807) is 0 Å². The minimum absolute atomic E-state index is 0.125. The number of esters is 1. The molecule has 1 fully saturated rings. The van der Waals surface area contributed by atoms with Crippen LogP contribution in [0.5, 0.6) is 0 Å². The summed E-state index contributed by atoms with van der Waals surface area (Å²) < 4.78 is 9.92.